The van der Waals surface area contributed by atoms with Crippen LogP contribution in [0.1, 0.15) is 11.8 Å². The number of imidazole rings is 1. The van der Waals surface area contributed by atoms with Crippen LogP contribution < -0.4 is 16.7 Å². The van der Waals surface area contributed by atoms with Gasteiger partial charge in [0.1, 0.15) is 18.3 Å². The number of H-pyrrole nitrogens is 1. The number of nitrogens with zero attached hydrogens (tertiary/aromatic N) is 4. The van der Waals surface area contributed by atoms with Gasteiger partial charge in [-0.3, -0.25) is 14.3 Å². The third-order valence-electron chi connectivity index (χ3n) is 4.59. The number of nitrogen functional groups attached to an aromatic ring is 1. The average molecular weight is 480 g/mol. The number of aromatic amines is 1. The molecule has 7 N–H and O–H groups in total. The molecule has 1 aliphatic rings. The number of rotatable bonds is 5. The molecule has 13 heteroatoms. The Hall–Kier alpha value is -2.84. The number of hydrogen-bond donors (Lipinski definition) is 6. The summed E-state index contributed by atoms with van der Waals surface area (Å²) < 4.78 is 7.75. The van der Waals surface area contributed by atoms with Gasteiger partial charge in [-0.1, -0.05) is 28.1 Å². The van der Waals surface area contributed by atoms with E-state index in [1.165, 1.54) is 10.8 Å². The van der Waals surface area contributed by atoms with Gasteiger partial charge in [0.2, 0.25) is 11.9 Å². The number of nitrogens with one attached hydrogen (secondary N) is 2. The zero-order chi connectivity index (χ0) is 21.4. The van der Waals surface area contributed by atoms with Crippen molar-refractivity contribution in [2.75, 3.05) is 17.8 Å². The molecule has 1 fully saturated rings. The number of aromatic nitrogens is 4. The highest BCUT2D eigenvalue weighted by atomic mass is 79.9. The number of fused-ring (bicyclic) bond motifs is 1. The fourth-order valence-corrected chi connectivity index (χ4v) is 3.39. The Kier molecular flexibility index (Phi) is 5.53. The minimum Gasteiger partial charge on any atom is -0.394 e. The van der Waals surface area contributed by atoms with Crippen LogP contribution in [-0.4, -0.2) is 66.0 Å². The minimum atomic E-state index is -1.42. The summed E-state index contributed by atoms with van der Waals surface area (Å²) in [5, 5.41) is 34.0. The molecule has 1 aliphatic heterocycles. The van der Waals surface area contributed by atoms with E-state index in [1.54, 1.807) is 0 Å². The lowest BCUT2D eigenvalue weighted by molar-refractivity contribution is -0.0501. The molecule has 0 amide bonds. The van der Waals surface area contributed by atoms with Gasteiger partial charge in [-0.05, 0) is 17.7 Å². The number of benzene rings is 1. The van der Waals surface area contributed by atoms with E-state index in [2.05, 4.69) is 41.4 Å². The van der Waals surface area contributed by atoms with Gasteiger partial charge in [-0.25, -0.2) is 10.4 Å². The van der Waals surface area contributed by atoms with Gasteiger partial charge in [-0.2, -0.15) is 10.1 Å². The Bertz CT molecular complexity index is 1150. The molecule has 30 heavy (non-hydrogen) atoms. The van der Waals surface area contributed by atoms with Crippen molar-refractivity contribution in [2.24, 2.45) is 5.10 Å². The number of ether oxygens (including phenoxy) is 1. The number of nitrogens with two attached hydrogens (primary N) is 1. The highest BCUT2D eigenvalue weighted by molar-refractivity contribution is 9.10. The Morgan fingerprint density at radius 3 is 2.70 bits per heavy atom. The van der Waals surface area contributed by atoms with E-state index in [1.807, 2.05) is 24.3 Å². The van der Waals surface area contributed by atoms with Crippen LogP contribution >= 0.6 is 15.9 Å². The molecule has 1 saturated heterocycles. The van der Waals surface area contributed by atoms with Gasteiger partial charge in [0.25, 0.3) is 5.56 Å². The second kappa shape index (κ2) is 8.12. The molecule has 4 atom stereocenters. The first-order valence-electron chi connectivity index (χ1n) is 8.84. The number of hydrazone groups is 1. The van der Waals surface area contributed by atoms with Crippen LogP contribution in [0.2, 0.25) is 0 Å². The second-order valence-electron chi connectivity index (χ2n) is 6.58. The molecule has 4 unspecified atom stereocenters. The van der Waals surface area contributed by atoms with E-state index in [0.717, 1.165) is 10.0 Å². The van der Waals surface area contributed by atoms with E-state index in [9.17, 15) is 20.1 Å². The molecule has 158 valence electrons. The first kappa shape index (κ1) is 20.4. The van der Waals surface area contributed by atoms with Crippen LogP contribution in [0.5, 0.6) is 0 Å². The summed E-state index contributed by atoms with van der Waals surface area (Å²) in [5.74, 6) is -0.137. The monoisotopic (exact) mass is 479 g/mol. The molecule has 3 heterocycles. The van der Waals surface area contributed by atoms with Gasteiger partial charge in [-0.15, -0.1) is 0 Å². The molecule has 3 aromatic rings. The maximum Gasteiger partial charge on any atom is 0.280 e. The van der Waals surface area contributed by atoms with Gasteiger partial charge in [0.15, 0.2) is 17.4 Å². The van der Waals surface area contributed by atoms with Crippen molar-refractivity contribution in [3.8, 4) is 0 Å². The van der Waals surface area contributed by atoms with Crippen molar-refractivity contribution in [3.05, 3.63) is 44.7 Å². The van der Waals surface area contributed by atoms with Crippen LogP contribution in [0, 0.1) is 0 Å². The standard InChI is InChI=1S/C17H18BrN7O5/c18-8-3-1-7(2-4-8)5-20-24-17-21-10-13(22-16(19)23-14(10)29)25(17)15-12(28)11(27)9(6-26)30-15/h1-5,9,11-12,15,26-28H,6H2,(H,21,24)(H3,19,22,23,29). The highest BCUT2D eigenvalue weighted by Crippen LogP contribution is 2.33. The topological polar surface area (TPSA) is 184 Å². The Balaban J connectivity index is 1.75. The predicted octanol–water partition coefficient (Wildman–Crippen LogP) is -0.478. The van der Waals surface area contributed by atoms with Gasteiger partial charge < -0.3 is 25.8 Å². The predicted molar refractivity (Wildman–Crippen MR) is 111 cm³/mol. The third kappa shape index (κ3) is 3.68. The fourth-order valence-electron chi connectivity index (χ4n) is 3.13. The number of hydrogen-bond acceptors (Lipinski definition) is 10. The Morgan fingerprint density at radius 1 is 1.30 bits per heavy atom. The minimum absolute atomic E-state index is 0.0208. The van der Waals surface area contributed by atoms with E-state index >= 15 is 0 Å². The molecule has 4 rings (SSSR count). The summed E-state index contributed by atoms with van der Waals surface area (Å²) in [4.78, 5) is 22.9. The summed E-state index contributed by atoms with van der Waals surface area (Å²) in [6, 6.07) is 7.36. The molecule has 0 bridgehead atoms. The van der Waals surface area contributed by atoms with Crippen molar-refractivity contribution in [1.82, 2.24) is 19.5 Å². The SMILES string of the molecule is Nc1nc2c(nc(NN=Cc3ccc(Br)cc3)n2C2OC(CO)C(O)C2O)c(=O)[nH]1. The summed E-state index contributed by atoms with van der Waals surface area (Å²) in [6.45, 7) is -0.512. The zero-order valence-corrected chi connectivity index (χ0v) is 16.9. The molecule has 0 saturated carbocycles. The van der Waals surface area contributed by atoms with Gasteiger partial charge in [0, 0.05) is 4.47 Å². The molecular weight excluding hydrogens is 462 g/mol. The second-order valence-corrected chi connectivity index (χ2v) is 7.49. The maximum absolute atomic E-state index is 12.3. The van der Waals surface area contributed by atoms with Crippen molar-refractivity contribution in [1.29, 1.82) is 0 Å². The van der Waals surface area contributed by atoms with Crippen LogP contribution in [0.3, 0.4) is 0 Å². The van der Waals surface area contributed by atoms with Crippen molar-refractivity contribution >= 4 is 45.2 Å². The molecule has 0 spiro atoms. The van der Waals surface area contributed by atoms with E-state index in [-0.39, 0.29) is 23.1 Å². The van der Waals surface area contributed by atoms with Gasteiger partial charge >= 0.3 is 0 Å². The highest BCUT2D eigenvalue weighted by Gasteiger charge is 2.45. The van der Waals surface area contributed by atoms with Gasteiger partial charge in [0.05, 0.1) is 12.8 Å². The lowest BCUT2D eigenvalue weighted by Gasteiger charge is -2.18. The normalized spacial score (nSPS) is 24.1. The third-order valence-corrected chi connectivity index (χ3v) is 5.12. The number of anilines is 2. The molecule has 12 nitrogen and oxygen atoms in total. The summed E-state index contributed by atoms with van der Waals surface area (Å²) >= 11 is 3.35. The molecule has 2 aromatic heterocycles. The lowest BCUT2D eigenvalue weighted by Crippen LogP contribution is -2.33. The average Bonchev–Trinajstić information content (AvgIpc) is 3.21. The lowest BCUT2D eigenvalue weighted by atomic mass is 10.1. The van der Waals surface area contributed by atoms with Crippen molar-refractivity contribution < 1.29 is 20.1 Å². The van der Waals surface area contributed by atoms with Crippen molar-refractivity contribution in [2.45, 2.75) is 24.5 Å². The first-order chi connectivity index (χ1) is 14.4. The molecular formula is C17H18BrN7O5. The first-order valence-corrected chi connectivity index (χ1v) is 9.63. The van der Waals surface area contributed by atoms with Crippen molar-refractivity contribution in [3.63, 3.8) is 0 Å². The smallest absolute Gasteiger partial charge is 0.280 e. The van der Waals surface area contributed by atoms with E-state index in [0.29, 0.717) is 0 Å². The van der Waals surface area contributed by atoms with Crippen LogP contribution in [0.25, 0.3) is 11.2 Å². The Labute approximate surface area is 177 Å². The summed E-state index contributed by atoms with van der Waals surface area (Å²) in [7, 11) is 0. The maximum atomic E-state index is 12.3. The number of halogens is 1. The Morgan fingerprint density at radius 2 is 2.03 bits per heavy atom. The number of aliphatic hydroxyl groups is 3. The summed E-state index contributed by atoms with van der Waals surface area (Å²) in [5.41, 5.74) is 8.50. The fraction of sp³-hybridized carbons (Fsp3) is 0.294. The van der Waals surface area contributed by atoms with Crippen LogP contribution in [-0.2, 0) is 4.74 Å². The molecule has 0 aliphatic carbocycles. The molecule has 1 aromatic carbocycles. The molecule has 0 radical (unpaired) electrons. The van der Waals surface area contributed by atoms with E-state index < -0.39 is 36.7 Å². The summed E-state index contributed by atoms with van der Waals surface area (Å²) in [6.07, 6.45) is -3.46. The van der Waals surface area contributed by atoms with E-state index in [4.69, 9.17) is 10.5 Å². The largest absolute Gasteiger partial charge is 0.394 e. The van der Waals surface area contributed by atoms with Crippen LogP contribution in [0.15, 0.2) is 38.6 Å². The number of aliphatic hydroxyl groups excluding tert-OH is 3. The van der Waals surface area contributed by atoms with Crippen LogP contribution in [0.4, 0.5) is 11.9 Å². The zero-order valence-electron chi connectivity index (χ0n) is 15.3. The quantitative estimate of drug-likeness (QED) is 0.207.